The van der Waals surface area contributed by atoms with Crippen molar-refractivity contribution in [1.29, 1.82) is 0 Å². The van der Waals surface area contributed by atoms with Crippen LogP contribution in [-0.4, -0.2) is 20.9 Å². The van der Waals surface area contributed by atoms with E-state index in [-0.39, 0.29) is 11.6 Å². The SMILES string of the molecule is Cn1c(=O)n(C2CCCC(=O)NC2=O)c2cccc(C#CCCCCCCC(C)(C)C)c21. The number of hydrogen-bond acceptors (Lipinski definition) is 3. The summed E-state index contributed by atoms with van der Waals surface area (Å²) in [5.74, 6) is 5.81. The summed E-state index contributed by atoms with van der Waals surface area (Å²) in [5, 5.41) is 2.40. The number of aromatic nitrogens is 2. The highest BCUT2D eigenvalue weighted by molar-refractivity contribution is 5.98. The van der Waals surface area contributed by atoms with Crippen LogP contribution < -0.4 is 11.0 Å². The van der Waals surface area contributed by atoms with E-state index >= 15 is 0 Å². The number of amides is 2. The van der Waals surface area contributed by atoms with Crippen LogP contribution in [0.1, 0.15) is 90.2 Å². The summed E-state index contributed by atoms with van der Waals surface area (Å²) in [7, 11) is 1.71. The molecule has 1 atom stereocenters. The third-order valence-corrected chi connectivity index (χ3v) is 6.06. The standard InChI is InChI=1S/C26H35N3O3/c1-26(2,3)18-10-8-6-5-7-9-13-19-14-11-15-20-23(19)28(4)25(32)29(20)21-16-12-17-22(30)27-24(21)31/h11,14-15,21H,5-8,10,12,16-18H2,1-4H3,(H,27,30,31). The minimum Gasteiger partial charge on any atom is -0.295 e. The van der Waals surface area contributed by atoms with Crippen LogP contribution in [0.25, 0.3) is 11.0 Å². The average Bonchev–Trinajstić information content (AvgIpc) is 2.85. The highest BCUT2D eigenvalue weighted by atomic mass is 16.2. The molecule has 172 valence electrons. The molecule has 2 aromatic rings. The Labute approximate surface area is 190 Å². The zero-order valence-electron chi connectivity index (χ0n) is 19.8. The predicted molar refractivity (Wildman–Crippen MR) is 127 cm³/mol. The molecule has 1 aliphatic rings. The normalized spacial score (nSPS) is 17.1. The molecule has 32 heavy (non-hydrogen) atoms. The largest absolute Gasteiger partial charge is 0.329 e. The first kappa shape index (κ1) is 23.8. The van der Waals surface area contributed by atoms with E-state index in [2.05, 4.69) is 37.9 Å². The number of benzene rings is 1. The molecule has 1 aromatic heterocycles. The number of aryl methyl sites for hydroxylation is 1. The minimum absolute atomic E-state index is 0.261. The molecule has 0 radical (unpaired) electrons. The average molecular weight is 438 g/mol. The van der Waals surface area contributed by atoms with Gasteiger partial charge in [0.25, 0.3) is 0 Å². The van der Waals surface area contributed by atoms with Gasteiger partial charge >= 0.3 is 5.69 Å². The number of imidazole rings is 1. The number of imide groups is 1. The van der Waals surface area contributed by atoms with Gasteiger partial charge in [-0.25, -0.2) is 4.79 Å². The molecule has 0 saturated carbocycles. The molecule has 0 aliphatic carbocycles. The molecule has 2 heterocycles. The maximum Gasteiger partial charge on any atom is 0.329 e. The quantitative estimate of drug-likeness (QED) is 0.412. The summed E-state index contributed by atoms with van der Waals surface area (Å²) in [4.78, 5) is 37.3. The van der Waals surface area contributed by atoms with Gasteiger partial charge in [0, 0.05) is 19.9 Å². The van der Waals surface area contributed by atoms with Gasteiger partial charge < -0.3 is 0 Å². The highest BCUT2D eigenvalue weighted by Gasteiger charge is 2.29. The summed E-state index contributed by atoms with van der Waals surface area (Å²) in [6.45, 7) is 6.84. The Morgan fingerprint density at radius 3 is 2.59 bits per heavy atom. The van der Waals surface area contributed by atoms with Gasteiger partial charge in [-0.15, -0.1) is 0 Å². The second-order valence-electron chi connectivity index (χ2n) is 9.98. The number of nitrogens with one attached hydrogen (secondary N) is 1. The van der Waals surface area contributed by atoms with Gasteiger partial charge in [0.1, 0.15) is 6.04 Å². The van der Waals surface area contributed by atoms with E-state index in [1.54, 1.807) is 11.6 Å². The van der Waals surface area contributed by atoms with Crippen molar-refractivity contribution in [2.24, 2.45) is 12.5 Å². The van der Waals surface area contributed by atoms with Crippen LogP contribution in [0, 0.1) is 17.3 Å². The Balaban J connectivity index is 1.75. The van der Waals surface area contributed by atoms with E-state index in [0.29, 0.717) is 30.2 Å². The highest BCUT2D eigenvalue weighted by Crippen LogP contribution is 2.25. The lowest BCUT2D eigenvalue weighted by molar-refractivity contribution is -0.131. The predicted octanol–water partition coefficient (Wildman–Crippen LogP) is 4.45. The lowest BCUT2D eigenvalue weighted by Crippen LogP contribution is -2.38. The van der Waals surface area contributed by atoms with Crippen molar-refractivity contribution < 1.29 is 9.59 Å². The van der Waals surface area contributed by atoms with Crippen LogP contribution in [0.2, 0.25) is 0 Å². The lowest BCUT2D eigenvalue weighted by Gasteiger charge is -2.17. The van der Waals surface area contributed by atoms with Crippen molar-refractivity contribution in [3.8, 4) is 11.8 Å². The Morgan fingerprint density at radius 1 is 1.09 bits per heavy atom. The van der Waals surface area contributed by atoms with Crippen LogP contribution in [0.5, 0.6) is 0 Å². The molecule has 0 spiro atoms. The summed E-state index contributed by atoms with van der Waals surface area (Å²) < 4.78 is 3.08. The fourth-order valence-corrected chi connectivity index (χ4v) is 4.34. The molecule has 6 heteroatoms. The fraction of sp³-hybridized carbons (Fsp3) is 0.577. The number of unbranched alkanes of at least 4 members (excludes halogenated alkanes) is 4. The Hall–Kier alpha value is -2.81. The van der Waals surface area contributed by atoms with Gasteiger partial charge in [0.2, 0.25) is 11.8 Å². The van der Waals surface area contributed by atoms with Crippen molar-refractivity contribution in [3.63, 3.8) is 0 Å². The number of para-hydroxylation sites is 1. The second kappa shape index (κ2) is 10.2. The number of rotatable bonds is 6. The molecule has 1 aromatic carbocycles. The van der Waals surface area contributed by atoms with Crippen molar-refractivity contribution in [2.75, 3.05) is 0 Å². The van der Waals surface area contributed by atoms with Crippen molar-refractivity contribution in [1.82, 2.24) is 14.5 Å². The first-order valence-corrected chi connectivity index (χ1v) is 11.7. The van der Waals surface area contributed by atoms with Gasteiger partial charge in [0.15, 0.2) is 0 Å². The zero-order valence-corrected chi connectivity index (χ0v) is 19.8. The van der Waals surface area contributed by atoms with Crippen LogP contribution in [-0.2, 0) is 16.6 Å². The number of hydrogen-bond donors (Lipinski definition) is 1. The van der Waals surface area contributed by atoms with Gasteiger partial charge in [-0.2, -0.15) is 0 Å². The third-order valence-electron chi connectivity index (χ3n) is 6.06. The monoisotopic (exact) mass is 437 g/mol. The summed E-state index contributed by atoms with van der Waals surface area (Å²) >= 11 is 0. The summed E-state index contributed by atoms with van der Waals surface area (Å²) in [5.41, 5.74) is 2.35. The molecular formula is C26H35N3O3. The van der Waals surface area contributed by atoms with Crippen LogP contribution in [0.3, 0.4) is 0 Å². The van der Waals surface area contributed by atoms with E-state index in [0.717, 1.165) is 23.9 Å². The second-order valence-corrected chi connectivity index (χ2v) is 9.98. The van der Waals surface area contributed by atoms with E-state index in [4.69, 9.17) is 0 Å². The molecule has 1 fully saturated rings. The van der Waals surface area contributed by atoms with Crippen molar-refractivity contribution in [2.45, 2.75) is 84.6 Å². The minimum atomic E-state index is -0.686. The number of carbonyl (C=O) groups excluding carboxylic acids is 2. The Bertz CT molecular complexity index is 1110. The maximum atomic E-state index is 13.0. The molecule has 0 bridgehead atoms. The van der Waals surface area contributed by atoms with Crippen molar-refractivity contribution >= 4 is 22.8 Å². The molecule has 1 unspecified atom stereocenters. The molecule has 2 amide bonds. The third kappa shape index (κ3) is 5.70. The molecule has 1 aliphatic heterocycles. The number of nitrogens with zero attached hydrogens (tertiary/aromatic N) is 2. The molecule has 3 rings (SSSR count). The Kier molecular flexibility index (Phi) is 7.60. The lowest BCUT2D eigenvalue weighted by atomic mass is 9.89. The fourth-order valence-electron chi connectivity index (χ4n) is 4.34. The van der Waals surface area contributed by atoms with E-state index in [1.807, 2.05) is 18.2 Å². The van der Waals surface area contributed by atoms with E-state index in [9.17, 15) is 14.4 Å². The molecule has 1 N–H and O–H groups in total. The molecule has 1 saturated heterocycles. The summed E-state index contributed by atoms with van der Waals surface area (Å²) in [6, 6.07) is 4.94. The summed E-state index contributed by atoms with van der Waals surface area (Å²) in [6.07, 6.45) is 8.15. The van der Waals surface area contributed by atoms with Crippen LogP contribution in [0.4, 0.5) is 0 Å². The topological polar surface area (TPSA) is 73.1 Å². The van der Waals surface area contributed by atoms with Gasteiger partial charge in [-0.05, 0) is 43.2 Å². The molecule has 6 nitrogen and oxygen atoms in total. The zero-order chi connectivity index (χ0) is 23.3. The van der Waals surface area contributed by atoms with E-state index < -0.39 is 11.9 Å². The smallest absolute Gasteiger partial charge is 0.295 e. The van der Waals surface area contributed by atoms with Crippen LogP contribution in [0.15, 0.2) is 23.0 Å². The van der Waals surface area contributed by atoms with Crippen LogP contribution >= 0.6 is 0 Å². The van der Waals surface area contributed by atoms with Gasteiger partial charge in [-0.1, -0.05) is 57.9 Å². The Morgan fingerprint density at radius 2 is 1.84 bits per heavy atom. The van der Waals surface area contributed by atoms with Gasteiger partial charge in [0.05, 0.1) is 16.6 Å². The van der Waals surface area contributed by atoms with E-state index in [1.165, 1.54) is 30.3 Å². The van der Waals surface area contributed by atoms with Gasteiger partial charge in [-0.3, -0.25) is 24.0 Å². The first-order chi connectivity index (χ1) is 15.2. The first-order valence-electron chi connectivity index (χ1n) is 11.7. The maximum absolute atomic E-state index is 13.0. The number of fused-ring (bicyclic) bond motifs is 1. The van der Waals surface area contributed by atoms with Crippen molar-refractivity contribution in [3.05, 3.63) is 34.2 Å². The molecular weight excluding hydrogens is 402 g/mol. The number of carbonyl (C=O) groups is 2.